The molecule has 1 aliphatic rings. The summed E-state index contributed by atoms with van der Waals surface area (Å²) in [4.78, 5) is 13.0. The molecule has 0 bridgehead atoms. The summed E-state index contributed by atoms with van der Waals surface area (Å²) >= 11 is 0. The average Bonchev–Trinajstić information content (AvgIpc) is 2.79. The van der Waals surface area contributed by atoms with Crippen molar-refractivity contribution in [3.05, 3.63) is 83.9 Å². The zero-order valence-corrected chi connectivity index (χ0v) is 18.8. The van der Waals surface area contributed by atoms with Crippen LogP contribution in [0, 0.1) is 0 Å². The first kappa shape index (κ1) is 21.9. The minimum absolute atomic E-state index is 0.128. The maximum absolute atomic E-state index is 13.0. The van der Waals surface area contributed by atoms with E-state index in [0.717, 1.165) is 18.4 Å². The highest BCUT2D eigenvalue weighted by Crippen LogP contribution is 2.32. The van der Waals surface area contributed by atoms with Crippen molar-refractivity contribution < 1.29 is 17.9 Å². The Kier molecular flexibility index (Phi) is 6.46. The number of carbonyl (C=O) groups excluding carboxylic acids is 1. The number of sulfonamides is 1. The van der Waals surface area contributed by atoms with Crippen molar-refractivity contribution in [1.29, 1.82) is 0 Å². The van der Waals surface area contributed by atoms with Crippen LogP contribution in [0.1, 0.15) is 35.7 Å². The van der Waals surface area contributed by atoms with Crippen molar-refractivity contribution in [3.63, 3.8) is 0 Å². The van der Waals surface area contributed by atoms with Gasteiger partial charge in [0.25, 0.3) is 5.91 Å². The predicted molar refractivity (Wildman–Crippen MR) is 127 cm³/mol. The van der Waals surface area contributed by atoms with Gasteiger partial charge in [0.05, 0.1) is 17.0 Å². The molecule has 0 unspecified atom stereocenters. The topological polar surface area (TPSA) is 75.7 Å². The molecule has 4 rings (SSSR count). The van der Waals surface area contributed by atoms with Gasteiger partial charge in [-0.2, -0.15) is 0 Å². The quantitative estimate of drug-likeness (QED) is 0.535. The highest BCUT2D eigenvalue weighted by molar-refractivity contribution is 7.92. The number of nitrogens with zero attached hydrogens (tertiary/aromatic N) is 1. The third kappa shape index (κ3) is 4.78. The number of ether oxygens (including phenoxy) is 1. The van der Waals surface area contributed by atoms with E-state index in [9.17, 15) is 13.2 Å². The second-order valence-electron chi connectivity index (χ2n) is 7.70. The number of para-hydroxylation sites is 2. The summed E-state index contributed by atoms with van der Waals surface area (Å²) in [5, 5.41) is 2.93. The summed E-state index contributed by atoms with van der Waals surface area (Å²) in [7, 11) is -3.33. The fraction of sp³-hybridized carbons (Fsp3) is 0.240. The summed E-state index contributed by atoms with van der Waals surface area (Å²) in [5.74, 6) is 0.951. The maximum Gasteiger partial charge on any atom is 0.259 e. The highest BCUT2D eigenvalue weighted by Gasteiger charge is 2.27. The normalized spacial score (nSPS) is 13.3. The van der Waals surface area contributed by atoms with Crippen molar-refractivity contribution in [2.75, 3.05) is 21.9 Å². The Labute approximate surface area is 188 Å². The molecule has 3 aromatic rings. The van der Waals surface area contributed by atoms with Gasteiger partial charge in [-0.1, -0.05) is 37.3 Å². The zero-order valence-electron chi connectivity index (χ0n) is 18.0. The van der Waals surface area contributed by atoms with E-state index in [4.69, 9.17) is 4.74 Å². The molecule has 166 valence electrons. The Bertz CT molecular complexity index is 1210. The Morgan fingerprint density at radius 1 is 1.03 bits per heavy atom. The molecular weight excluding hydrogens is 424 g/mol. The number of fused-ring (bicyclic) bond motifs is 1. The van der Waals surface area contributed by atoms with Gasteiger partial charge in [-0.3, -0.25) is 9.10 Å². The molecule has 32 heavy (non-hydrogen) atoms. The van der Waals surface area contributed by atoms with Crippen molar-refractivity contribution >= 4 is 27.3 Å². The van der Waals surface area contributed by atoms with Crippen LogP contribution < -0.4 is 14.4 Å². The van der Waals surface area contributed by atoms with E-state index in [1.54, 1.807) is 30.3 Å². The minimum atomic E-state index is -3.33. The van der Waals surface area contributed by atoms with Gasteiger partial charge in [0.1, 0.15) is 11.5 Å². The molecule has 1 amide bonds. The molecule has 0 atom stereocenters. The number of nitrogens with one attached hydrogen (secondary N) is 1. The molecule has 0 spiro atoms. The van der Waals surface area contributed by atoms with Crippen LogP contribution in [0.2, 0.25) is 0 Å². The first-order chi connectivity index (χ1) is 15.5. The number of benzene rings is 3. The first-order valence-electron chi connectivity index (χ1n) is 10.7. The van der Waals surface area contributed by atoms with Gasteiger partial charge < -0.3 is 10.1 Å². The lowest BCUT2D eigenvalue weighted by atomic mass is 10.0. The van der Waals surface area contributed by atoms with E-state index in [-0.39, 0.29) is 11.7 Å². The first-order valence-corrected chi connectivity index (χ1v) is 12.4. The van der Waals surface area contributed by atoms with Crippen molar-refractivity contribution in [3.8, 4) is 11.5 Å². The van der Waals surface area contributed by atoms with Gasteiger partial charge >= 0.3 is 0 Å². The van der Waals surface area contributed by atoms with Crippen LogP contribution in [0.15, 0.2) is 72.8 Å². The second-order valence-corrected chi connectivity index (χ2v) is 9.71. The fourth-order valence-corrected chi connectivity index (χ4v) is 5.48. The maximum atomic E-state index is 13.0. The Morgan fingerprint density at radius 2 is 1.78 bits per heavy atom. The lowest BCUT2D eigenvalue weighted by Crippen LogP contribution is -2.37. The SMILES string of the molecule is CCCS(=O)(=O)N1CCCc2cc(NC(=O)c3ccccc3Oc3ccccc3)ccc21. The van der Waals surface area contributed by atoms with Crippen molar-refractivity contribution in [2.45, 2.75) is 26.2 Å². The van der Waals surface area contributed by atoms with Crippen LogP contribution >= 0.6 is 0 Å². The largest absolute Gasteiger partial charge is 0.457 e. The number of hydrogen-bond acceptors (Lipinski definition) is 4. The molecule has 0 saturated heterocycles. The lowest BCUT2D eigenvalue weighted by Gasteiger charge is -2.30. The molecule has 1 aliphatic heterocycles. The van der Waals surface area contributed by atoms with Crippen molar-refractivity contribution in [2.24, 2.45) is 0 Å². The smallest absolute Gasteiger partial charge is 0.259 e. The number of amides is 1. The molecule has 1 N–H and O–H groups in total. The number of carbonyl (C=O) groups is 1. The molecule has 0 aromatic heterocycles. The van der Waals surface area contributed by atoms with Gasteiger partial charge in [0.15, 0.2) is 0 Å². The summed E-state index contributed by atoms with van der Waals surface area (Å²) in [5.41, 5.74) is 2.66. The second kappa shape index (κ2) is 9.44. The molecule has 3 aromatic carbocycles. The molecule has 0 radical (unpaired) electrons. The van der Waals surface area contributed by atoms with Gasteiger partial charge in [-0.15, -0.1) is 0 Å². The van der Waals surface area contributed by atoms with E-state index >= 15 is 0 Å². The third-order valence-electron chi connectivity index (χ3n) is 5.31. The van der Waals surface area contributed by atoms with Gasteiger partial charge in [-0.25, -0.2) is 8.42 Å². The number of rotatable bonds is 7. The summed E-state index contributed by atoms with van der Waals surface area (Å²) < 4.78 is 32.7. The summed E-state index contributed by atoms with van der Waals surface area (Å²) in [6.45, 7) is 2.35. The van der Waals surface area contributed by atoms with E-state index in [2.05, 4.69) is 5.32 Å². The minimum Gasteiger partial charge on any atom is -0.457 e. The molecule has 1 heterocycles. The fourth-order valence-electron chi connectivity index (χ4n) is 3.85. The average molecular weight is 451 g/mol. The Balaban J connectivity index is 1.55. The molecular formula is C25H26N2O4S. The predicted octanol–water partition coefficient (Wildman–Crippen LogP) is 5.22. The van der Waals surface area contributed by atoms with Crippen LogP contribution in [0.4, 0.5) is 11.4 Å². The standard InChI is InChI=1S/C25H26N2O4S/c1-2-17-32(29,30)27-16-8-9-19-18-20(14-15-23(19)27)26-25(28)22-12-6-7-13-24(22)31-21-10-4-3-5-11-21/h3-7,10-15,18H,2,8-9,16-17H2,1H3,(H,26,28). The van der Waals surface area contributed by atoms with Crippen LogP contribution in [-0.4, -0.2) is 26.6 Å². The van der Waals surface area contributed by atoms with Crippen LogP contribution in [0.5, 0.6) is 11.5 Å². The summed E-state index contributed by atoms with van der Waals surface area (Å²) in [6.07, 6.45) is 2.10. The highest BCUT2D eigenvalue weighted by atomic mass is 32.2. The molecule has 0 fully saturated rings. The van der Waals surface area contributed by atoms with Crippen molar-refractivity contribution in [1.82, 2.24) is 0 Å². The molecule has 0 aliphatic carbocycles. The number of aryl methyl sites for hydroxylation is 1. The van der Waals surface area contributed by atoms with E-state index < -0.39 is 10.0 Å². The van der Waals surface area contributed by atoms with Gasteiger partial charge in [-0.05, 0) is 67.3 Å². The van der Waals surface area contributed by atoms with E-state index in [1.807, 2.05) is 49.4 Å². The van der Waals surface area contributed by atoms with E-state index in [0.29, 0.717) is 41.4 Å². The van der Waals surface area contributed by atoms with Gasteiger partial charge in [0, 0.05) is 12.2 Å². The zero-order chi connectivity index (χ0) is 22.6. The van der Waals surface area contributed by atoms with Gasteiger partial charge in [0.2, 0.25) is 10.0 Å². The molecule has 0 saturated carbocycles. The van der Waals surface area contributed by atoms with Crippen LogP contribution in [0.3, 0.4) is 0 Å². The number of anilines is 2. The third-order valence-corrected chi connectivity index (χ3v) is 7.29. The Morgan fingerprint density at radius 3 is 2.56 bits per heavy atom. The van der Waals surface area contributed by atoms with Crippen LogP contribution in [-0.2, 0) is 16.4 Å². The Hall–Kier alpha value is -3.32. The van der Waals surface area contributed by atoms with E-state index in [1.165, 1.54) is 4.31 Å². The molecule has 6 nitrogen and oxygen atoms in total. The van der Waals surface area contributed by atoms with Crippen LogP contribution in [0.25, 0.3) is 0 Å². The summed E-state index contributed by atoms with van der Waals surface area (Å²) in [6, 6.07) is 21.8. The monoisotopic (exact) mass is 450 g/mol. The number of hydrogen-bond donors (Lipinski definition) is 1. The molecule has 7 heteroatoms. The lowest BCUT2D eigenvalue weighted by molar-refractivity contribution is 0.102.